The maximum Gasteiger partial charge on any atom is 0.101 e. The molecule has 2 atom stereocenters. The van der Waals surface area contributed by atoms with E-state index in [1.807, 2.05) is 18.0 Å². The molecule has 1 saturated carbocycles. The molecule has 1 fully saturated rings. The van der Waals surface area contributed by atoms with Gasteiger partial charge in [0, 0.05) is 12.7 Å². The number of nitrogens with zero attached hydrogens (tertiary/aromatic N) is 2. The predicted molar refractivity (Wildman–Crippen MR) is 72.2 cm³/mol. The lowest BCUT2D eigenvalue weighted by Gasteiger charge is -2.37. The second kappa shape index (κ2) is 5.28. The van der Waals surface area contributed by atoms with Crippen molar-refractivity contribution in [2.24, 2.45) is 0 Å². The van der Waals surface area contributed by atoms with Crippen molar-refractivity contribution in [1.82, 2.24) is 0 Å². The number of benzene rings is 1. The van der Waals surface area contributed by atoms with Gasteiger partial charge >= 0.3 is 0 Å². The van der Waals surface area contributed by atoms with Gasteiger partial charge in [-0.05, 0) is 31.0 Å². The van der Waals surface area contributed by atoms with Crippen molar-refractivity contribution in [1.29, 1.82) is 5.26 Å². The molecule has 1 aliphatic carbocycles. The highest BCUT2D eigenvalue weighted by molar-refractivity contribution is 5.64. The van der Waals surface area contributed by atoms with Gasteiger partial charge in [0.1, 0.15) is 6.07 Å². The maximum absolute atomic E-state index is 10.1. The van der Waals surface area contributed by atoms with Gasteiger partial charge in [-0.1, -0.05) is 12.8 Å². The summed E-state index contributed by atoms with van der Waals surface area (Å²) in [5.41, 5.74) is 7.69. The van der Waals surface area contributed by atoms with Crippen LogP contribution in [0.4, 0.5) is 11.4 Å². The summed E-state index contributed by atoms with van der Waals surface area (Å²) >= 11 is 0. The van der Waals surface area contributed by atoms with Gasteiger partial charge in [-0.2, -0.15) is 5.26 Å². The number of nitrogens with two attached hydrogens (primary N) is 1. The first-order valence-electron chi connectivity index (χ1n) is 6.34. The van der Waals surface area contributed by atoms with E-state index in [1.165, 1.54) is 0 Å². The van der Waals surface area contributed by atoms with E-state index < -0.39 is 0 Å². The molecule has 2 rings (SSSR count). The fourth-order valence-corrected chi connectivity index (χ4v) is 2.67. The molecular weight excluding hydrogens is 226 g/mol. The second-order valence-electron chi connectivity index (χ2n) is 4.92. The van der Waals surface area contributed by atoms with Crippen molar-refractivity contribution in [2.45, 2.75) is 37.8 Å². The van der Waals surface area contributed by atoms with Crippen LogP contribution in [0.3, 0.4) is 0 Å². The van der Waals surface area contributed by atoms with E-state index in [0.29, 0.717) is 11.3 Å². The monoisotopic (exact) mass is 245 g/mol. The Labute approximate surface area is 108 Å². The van der Waals surface area contributed by atoms with Gasteiger partial charge in [-0.3, -0.25) is 0 Å². The number of hydrogen-bond acceptors (Lipinski definition) is 4. The first kappa shape index (κ1) is 12.7. The molecule has 96 valence electrons. The highest BCUT2D eigenvalue weighted by Gasteiger charge is 2.27. The second-order valence-corrected chi connectivity index (χ2v) is 4.92. The molecule has 0 aromatic heterocycles. The topological polar surface area (TPSA) is 73.3 Å². The predicted octanol–water partition coefficient (Wildman–Crippen LogP) is 1.88. The third kappa shape index (κ3) is 2.41. The molecular formula is C14H19N3O. The van der Waals surface area contributed by atoms with Crippen molar-refractivity contribution in [2.75, 3.05) is 17.7 Å². The van der Waals surface area contributed by atoms with Gasteiger partial charge in [-0.15, -0.1) is 0 Å². The molecule has 0 bridgehead atoms. The molecule has 18 heavy (non-hydrogen) atoms. The zero-order valence-electron chi connectivity index (χ0n) is 10.6. The summed E-state index contributed by atoms with van der Waals surface area (Å²) in [4.78, 5) is 2.02. The lowest BCUT2D eigenvalue weighted by atomic mass is 9.91. The van der Waals surface area contributed by atoms with Crippen LogP contribution in [-0.4, -0.2) is 24.3 Å². The molecule has 1 aromatic carbocycles. The van der Waals surface area contributed by atoms with E-state index in [2.05, 4.69) is 6.07 Å². The molecule has 1 aromatic rings. The van der Waals surface area contributed by atoms with E-state index in [0.717, 1.165) is 31.4 Å². The first-order valence-corrected chi connectivity index (χ1v) is 6.34. The molecule has 4 nitrogen and oxygen atoms in total. The quantitative estimate of drug-likeness (QED) is 0.780. The van der Waals surface area contributed by atoms with E-state index >= 15 is 0 Å². The van der Waals surface area contributed by atoms with Gasteiger partial charge < -0.3 is 15.7 Å². The zero-order chi connectivity index (χ0) is 13.1. The third-order valence-electron chi connectivity index (χ3n) is 3.71. The van der Waals surface area contributed by atoms with Crippen molar-refractivity contribution in [3.8, 4) is 6.07 Å². The van der Waals surface area contributed by atoms with Gasteiger partial charge in [0.05, 0.1) is 23.4 Å². The highest BCUT2D eigenvalue weighted by Crippen LogP contribution is 2.29. The van der Waals surface area contributed by atoms with Crippen LogP contribution in [0.1, 0.15) is 31.2 Å². The van der Waals surface area contributed by atoms with Crippen molar-refractivity contribution >= 4 is 11.4 Å². The van der Waals surface area contributed by atoms with Gasteiger partial charge in [0.2, 0.25) is 0 Å². The van der Waals surface area contributed by atoms with Crippen LogP contribution < -0.4 is 10.6 Å². The Bertz CT molecular complexity index is 467. The Morgan fingerprint density at radius 1 is 1.39 bits per heavy atom. The van der Waals surface area contributed by atoms with E-state index in [1.54, 1.807) is 12.1 Å². The zero-order valence-corrected chi connectivity index (χ0v) is 10.6. The van der Waals surface area contributed by atoms with Crippen molar-refractivity contribution < 1.29 is 5.11 Å². The van der Waals surface area contributed by atoms with Gasteiger partial charge in [-0.25, -0.2) is 0 Å². The van der Waals surface area contributed by atoms with E-state index in [9.17, 15) is 5.11 Å². The lowest BCUT2D eigenvalue weighted by molar-refractivity contribution is 0.106. The number of aliphatic hydroxyl groups excluding tert-OH is 1. The molecule has 3 N–H and O–H groups in total. The van der Waals surface area contributed by atoms with Crippen LogP contribution in [0.25, 0.3) is 0 Å². The molecule has 0 aliphatic heterocycles. The Kier molecular flexibility index (Phi) is 3.73. The molecule has 0 heterocycles. The van der Waals surface area contributed by atoms with Crippen LogP contribution in [0, 0.1) is 11.3 Å². The average molecular weight is 245 g/mol. The van der Waals surface area contributed by atoms with Crippen LogP contribution in [0.5, 0.6) is 0 Å². The fourth-order valence-electron chi connectivity index (χ4n) is 2.67. The Morgan fingerprint density at radius 2 is 2.11 bits per heavy atom. The number of nitrogen functional groups attached to an aromatic ring is 1. The van der Waals surface area contributed by atoms with Crippen LogP contribution in [0.2, 0.25) is 0 Å². The molecule has 1 aliphatic rings. The lowest BCUT2D eigenvalue weighted by Crippen LogP contribution is -2.43. The number of anilines is 2. The Hall–Kier alpha value is -1.73. The SMILES string of the molecule is CN(c1ccc(N)cc1C#N)C1CCCCC1O. The van der Waals surface area contributed by atoms with Crippen LogP contribution in [0.15, 0.2) is 18.2 Å². The molecule has 0 radical (unpaired) electrons. The minimum Gasteiger partial charge on any atom is -0.399 e. The highest BCUT2D eigenvalue weighted by atomic mass is 16.3. The summed E-state index contributed by atoms with van der Waals surface area (Å²) in [6.45, 7) is 0. The van der Waals surface area contributed by atoms with E-state index in [4.69, 9.17) is 11.0 Å². The van der Waals surface area contributed by atoms with Crippen LogP contribution in [-0.2, 0) is 0 Å². The minimum atomic E-state index is -0.312. The fraction of sp³-hybridized carbons (Fsp3) is 0.500. The number of nitriles is 1. The summed E-state index contributed by atoms with van der Waals surface area (Å²) in [6, 6.07) is 7.59. The number of hydrogen-bond donors (Lipinski definition) is 2. The normalized spacial score (nSPS) is 23.4. The van der Waals surface area contributed by atoms with Gasteiger partial charge in [0.25, 0.3) is 0 Å². The smallest absolute Gasteiger partial charge is 0.101 e. The van der Waals surface area contributed by atoms with Crippen LogP contribution >= 0.6 is 0 Å². The summed E-state index contributed by atoms with van der Waals surface area (Å²) in [6.07, 6.45) is 3.70. The number of aliphatic hydroxyl groups is 1. The summed E-state index contributed by atoms with van der Waals surface area (Å²) in [5.74, 6) is 0. The summed E-state index contributed by atoms with van der Waals surface area (Å²) < 4.78 is 0. The van der Waals surface area contributed by atoms with Crippen molar-refractivity contribution in [3.05, 3.63) is 23.8 Å². The maximum atomic E-state index is 10.1. The average Bonchev–Trinajstić information content (AvgIpc) is 2.38. The molecule has 0 amide bonds. The summed E-state index contributed by atoms with van der Waals surface area (Å²) in [7, 11) is 1.94. The largest absolute Gasteiger partial charge is 0.399 e. The first-order chi connectivity index (χ1) is 8.63. The standard InChI is InChI=1S/C14H19N3O/c1-17(13-4-2-3-5-14(13)18)12-7-6-11(16)8-10(12)9-15/h6-8,13-14,18H,2-5,16H2,1H3. The number of likely N-dealkylation sites (N-methyl/N-ethyl adjacent to an activating group) is 1. The van der Waals surface area contributed by atoms with E-state index in [-0.39, 0.29) is 12.1 Å². The Balaban J connectivity index is 2.28. The van der Waals surface area contributed by atoms with Gasteiger partial charge in [0.15, 0.2) is 0 Å². The summed E-state index contributed by atoms with van der Waals surface area (Å²) in [5, 5.41) is 19.2. The third-order valence-corrected chi connectivity index (χ3v) is 3.71. The molecule has 0 saturated heterocycles. The van der Waals surface area contributed by atoms with Crippen molar-refractivity contribution in [3.63, 3.8) is 0 Å². The Morgan fingerprint density at radius 3 is 2.78 bits per heavy atom. The molecule has 4 heteroatoms. The molecule has 2 unspecified atom stereocenters. The number of rotatable bonds is 2. The molecule has 0 spiro atoms. The minimum absolute atomic E-state index is 0.0921.